The average Bonchev–Trinajstić information content (AvgIpc) is 3.09. The van der Waals surface area contributed by atoms with Gasteiger partial charge in [0.1, 0.15) is 5.65 Å². The van der Waals surface area contributed by atoms with Gasteiger partial charge in [-0.3, -0.25) is 0 Å². The molecule has 2 N–H and O–H groups in total. The fourth-order valence-corrected chi connectivity index (χ4v) is 3.13. The van der Waals surface area contributed by atoms with Crippen LogP contribution in [-0.4, -0.2) is 19.9 Å². The van der Waals surface area contributed by atoms with Gasteiger partial charge < -0.3 is 10.3 Å². The van der Waals surface area contributed by atoms with Crippen molar-refractivity contribution in [3.05, 3.63) is 82.4 Å². The molecule has 0 saturated heterocycles. The number of halogens is 4. The number of hydrogen-bond donors (Lipinski definition) is 2. The van der Waals surface area contributed by atoms with Crippen LogP contribution in [0, 0.1) is 0 Å². The first kappa shape index (κ1) is 19.2. The van der Waals surface area contributed by atoms with E-state index in [2.05, 4.69) is 25.3 Å². The van der Waals surface area contributed by atoms with Crippen LogP contribution in [0.25, 0.3) is 11.0 Å². The lowest BCUT2D eigenvalue weighted by molar-refractivity contribution is -0.137. The maximum Gasteiger partial charge on any atom is 0.416 e. The summed E-state index contributed by atoms with van der Waals surface area (Å²) in [5.74, 6) is 0.342. The smallest absolute Gasteiger partial charge is 0.350 e. The lowest BCUT2D eigenvalue weighted by atomic mass is 10.1. The summed E-state index contributed by atoms with van der Waals surface area (Å²) in [5.41, 5.74) is 2.47. The monoisotopic (exact) mass is 417 g/mol. The normalized spacial score (nSPS) is 11.7. The molecule has 0 saturated carbocycles. The molecule has 0 aliphatic rings. The SMILES string of the molecule is FC(F)(F)c1cccc(CNc2ncc(Cc3c[nH]c4ncc(Cl)cc34)cn2)c1. The number of anilines is 1. The van der Waals surface area contributed by atoms with E-state index in [1.807, 2.05) is 12.3 Å². The molecule has 3 heterocycles. The molecule has 148 valence electrons. The number of aromatic nitrogens is 4. The van der Waals surface area contributed by atoms with Gasteiger partial charge in [0.25, 0.3) is 0 Å². The highest BCUT2D eigenvalue weighted by atomic mass is 35.5. The molecule has 1 aromatic carbocycles. The molecule has 29 heavy (non-hydrogen) atoms. The molecular weight excluding hydrogens is 403 g/mol. The molecule has 3 aromatic heterocycles. The third-order valence-corrected chi connectivity index (χ3v) is 4.59. The van der Waals surface area contributed by atoms with Crippen LogP contribution < -0.4 is 5.32 Å². The topological polar surface area (TPSA) is 66.5 Å². The van der Waals surface area contributed by atoms with Crippen LogP contribution in [0.5, 0.6) is 0 Å². The molecule has 0 aliphatic carbocycles. The van der Waals surface area contributed by atoms with E-state index in [4.69, 9.17) is 11.6 Å². The van der Waals surface area contributed by atoms with Crippen LogP contribution in [0.1, 0.15) is 22.3 Å². The molecule has 0 atom stereocenters. The number of nitrogens with zero attached hydrogens (tertiary/aromatic N) is 3. The van der Waals surface area contributed by atoms with E-state index in [9.17, 15) is 13.2 Å². The zero-order valence-corrected chi connectivity index (χ0v) is 15.7. The van der Waals surface area contributed by atoms with E-state index in [-0.39, 0.29) is 6.54 Å². The van der Waals surface area contributed by atoms with Gasteiger partial charge in [-0.2, -0.15) is 13.2 Å². The van der Waals surface area contributed by atoms with Crippen molar-refractivity contribution in [2.24, 2.45) is 0 Å². The first-order chi connectivity index (χ1) is 13.9. The minimum atomic E-state index is -4.36. The molecule has 0 amide bonds. The van der Waals surface area contributed by atoms with Crippen molar-refractivity contribution in [3.8, 4) is 0 Å². The molecule has 0 bridgehead atoms. The second-order valence-electron chi connectivity index (χ2n) is 6.51. The maximum atomic E-state index is 12.8. The average molecular weight is 418 g/mol. The molecule has 0 spiro atoms. The van der Waals surface area contributed by atoms with Crippen LogP contribution in [0.3, 0.4) is 0 Å². The molecule has 9 heteroatoms. The van der Waals surface area contributed by atoms with Gasteiger partial charge in [-0.25, -0.2) is 15.0 Å². The molecule has 0 aliphatic heterocycles. The Labute approximate surface area is 169 Å². The highest BCUT2D eigenvalue weighted by Crippen LogP contribution is 2.29. The van der Waals surface area contributed by atoms with Crippen LogP contribution in [0.2, 0.25) is 5.02 Å². The Balaban J connectivity index is 1.42. The molecule has 0 unspecified atom stereocenters. The quantitative estimate of drug-likeness (QED) is 0.466. The van der Waals surface area contributed by atoms with E-state index in [1.54, 1.807) is 24.7 Å². The number of pyridine rings is 1. The summed E-state index contributed by atoms with van der Waals surface area (Å²) in [5, 5.41) is 4.43. The highest BCUT2D eigenvalue weighted by Gasteiger charge is 2.30. The third-order valence-electron chi connectivity index (χ3n) is 4.39. The van der Waals surface area contributed by atoms with E-state index in [1.165, 1.54) is 6.07 Å². The summed E-state index contributed by atoms with van der Waals surface area (Å²) in [6.07, 6.45) is 3.04. The van der Waals surface area contributed by atoms with Crippen molar-refractivity contribution >= 4 is 28.6 Å². The Morgan fingerprint density at radius 1 is 1.00 bits per heavy atom. The predicted molar refractivity (Wildman–Crippen MR) is 105 cm³/mol. The van der Waals surface area contributed by atoms with Gasteiger partial charge in [0.15, 0.2) is 0 Å². The zero-order chi connectivity index (χ0) is 20.4. The fourth-order valence-electron chi connectivity index (χ4n) is 2.97. The zero-order valence-electron chi connectivity index (χ0n) is 15.0. The van der Waals surface area contributed by atoms with Crippen LogP contribution in [0.15, 0.2) is 55.1 Å². The van der Waals surface area contributed by atoms with Gasteiger partial charge >= 0.3 is 6.18 Å². The van der Waals surface area contributed by atoms with Gasteiger partial charge in [0, 0.05) is 43.1 Å². The number of nitrogens with one attached hydrogen (secondary N) is 2. The first-order valence-electron chi connectivity index (χ1n) is 8.71. The Morgan fingerprint density at radius 2 is 1.79 bits per heavy atom. The van der Waals surface area contributed by atoms with Crippen LogP contribution in [-0.2, 0) is 19.1 Å². The summed E-state index contributed by atoms with van der Waals surface area (Å²) in [6, 6.07) is 7.00. The molecular formula is C20H15ClF3N5. The second kappa shape index (κ2) is 7.71. The number of benzene rings is 1. The fraction of sp³-hybridized carbons (Fsp3) is 0.150. The highest BCUT2D eigenvalue weighted by molar-refractivity contribution is 6.31. The Hall–Kier alpha value is -3.13. The molecule has 0 fully saturated rings. The van der Waals surface area contributed by atoms with Crippen molar-refractivity contribution in [3.63, 3.8) is 0 Å². The summed E-state index contributed by atoms with van der Waals surface area (Å²) < 4.78 is 38.4. The Morgan fingerprint density at radius 3 is 2.55 bits per heavy atom. The van der Waals surface area contributed by atoms with E-state index in [0.29, 0.717) is 23.0 Å². The van der Waals surface area contributed by atoms with E-state index < -0.39 is 11.7 Å². The lowest BCUT2D eigenvalue weighted by Gasteiger charge is -2.09. The molecule has 5 nitrogen and oxygen atoms in total. The number of hydrogen-bond acceptors (Lipinski definition) is 4. The third kappa shape index (κ3) is 4.48. The number of H-pyrrole nitrogens is 1. The number of aromatic amines is 1. The van der Waals surface area contributed by atoms with Gasteiger partial charge in [0.05, 0.1) is 10.6 Å². The van der Waals surface area contributed by atoms with Gasteiger partial charge in [-0.05, 0) is 34.9 Å². The van der Waals surface area contributed by atoms with Crippen LogP contribution >= 0.6 is 11.6 Å². The Bertz CT molecular complexity index is 1140. The summed E-state index contributed by atoms with van der Waals surface area (Å²) in [4.78, 5) is 15.8. The van der Waals surface area contributed by atoms with E-state index >= 15 is 0 Å². The van der Waals surface area contributed by atoms with Gasteiger partial charge in [0.2, 0.25) is 5.95 Å². The second-order valence-corrected chi connectivity index (χ2v) is 6.94. The summed E-state index contributed by atoms with van der Waals surface area (Å²) in [6.45, 7) is 0.190. The molecule has 4 rings (SSSR count). The lowest BCUT2D eigenvalue weighted by Crippen LogP contribution is -2.08. The predicted octanol–water partition coefficient (Wildman–Crippen LogP) is 5.23. The van der Waals surface area contributed by atoms with E-state index in [0.717, 1.165) is 34.3 Å². The molecule has 0 radical (unpaired) electrons. The van der Waals surface area contributed by atoms with Gasteiger partial charge in [-0.15, -0.1) is 0 Å². The minimum absolute atomic E-state index is 0.190. The number of fused-ring (bicyclic) bond motifs is 1. The Kier molecular flexibility index (Phi) is 5.10. The van der Waals surface area contributed by atoms with Crippen LogP contribution in [0.4, 0.5) is 19.1 Å². The molecule has 4 aromatic rings. The standard InChI is InChI=1S/C20H15ClF3N5/c21-16-6-17-14(10-25-18(17)26-11-16)4-13-8-28-19(29-9-13)27-7-12-2-1-3-15(5-12)20(22,23)24/h1-3,5-6,8-11H,4,7H2,(H,25,26)(H,27,28,29). The van der Waals surface area contributed by atoms with Crippen molar-refractivity contribution < 1.29 is 13.2 Å². The number of rotatable bonds is 5. The summed E-state index contributed by atoms with van der Waals surface area (Å²) in [7, 11) is 0. The first-order valence-corrected chi connectivity index (χ1v) is 9.09. The van der Waals surface area contributed by atoms with Crippen molar-refractivity contribution in [2.75, 3.05) is 5.32 Å². The summed E-state index contributed by atoms with van der Waals surface area (Å²) >= 11 is 6.02. The minimum Gasteiger partial charge on any atom is -0.350 e. The number of alkyl halides is 3. The largest absolute Gasteiger partial charge is 0.416 e. The van der Waals surface area contributed by atoms with Crippen molar-refractivity contribution in [1.82, 2.24) is 19.9 Å². The van der Waals surface area contributed by atoms with Crippen molar-refractivity contribution in [2.45, 2.75) is 19.1 Å². The van der Waals surface area contributed by atoms with Gasteiger partial charge in [-0.1, -0.05) is 23.7 Å². The maximum absolute atomic E-state index is 12.8. The van der Waals surface area contributed by atoms with Crippen molar-refractivity contribution in [1.29, 1.82) is 0 Å².